The van der Waals surface area contributed by atoms with E-state index in [-0.39, 0.29) is 18.5 Å². The Labute approximate surface area is 195 Å². The quantitative estimate of drug-likeness (QED) is 0.473. The fourth-order valence-corrected chi connectivity index (χ4v) is 4.41. The minimum Gasteiger partial charge on any atom is -0.345 e. The zero-order valence-corrected chi connectivity index (χ0v) is 20.0. The standard InChI is InChI=1S/C25H27ClN2O3S/c1-4-24(20-9-5-18(2)6-10-20)27-25(29)21-11-15-23(16-12-21)28(32(3,30)31)17-19-7-13-22(26)14-8-19/h5-16,24H,4,17H2,1-3H3,(H,27,29)/t24-/m0/s1. The molecule has 5 nitrogen and oxygen atoms in total. The lowest BCUT2D eigenvalue weighted by molar-refractivity contribution is 0.0935. The second-order valence-electron chi connectivity index (χ2n) is 7.79. The molecule has 0 aromatic heterocycles. The van der Waals surface area contributed by atoms with Crippen LogP contribution in [0.1, 0.15) is 46.4 Å². The molecular formula is C25H27ClN2O3S. The van der Waals surface area contributed by atoms with Crippen molar-refractivity contribution in [2.45, 2.75) is 32.9 Å². The molecule has 7 heteroatoms. The largest absolute Gasteiger partial charge is 0.345 e. The van der Waals surface area contributed by atoms with Gasteiger partial charge in [0.1, 0.15) is 0 Å². The van der Waals surface area contributed by atoms with Crippen LogP contribution in [0.15, 0.2) is 72.8 Å². The molecular weight excluding hydrogens is 444 g/mol. The first kappa shape index (κ1) is 23.8. The van der Waals surface area contributed by atoms with Crippen molar-refractivity contribution in [3.8, 4) is 0 Å². The van der Waals surface area contributed by atoms with Gasteiger partial charge >= 0.3 is 0 Å². The molecule has 0 saturated carbocycles. The maximum Gasteiger partial charge on any atom is 0.251 e. The van der Waals surface area contributed by atoms with Gasteiger partial charge in [0.15, 0.2) is 0 Å². The molecule has 0 fully saturated rings. The van der Waals surface area contributed by atoms with Crippen LogP contribution in [0.2, 0.25) is 5.02 Å². The topological polar surface area (TPSA) is 66.5 Å². The van der Waals surface area contributed by atoms with E-state index in [2.05, 4.69) is 5.32 Å². The molecule has 1 atom stereocenters. The van der Waals surface area contributed by atoms with Crippen molar-refractivity contribution in [1.82, 2.24) is 5.32 Å². The highest BCUT2D eigenvalue weighted by atomic mass is 35.5. The van der Waals surface area contributed by atoms with Crippen LogP contribution in [0.25, 0.3) is 0 Å². The number of anilines is 1. The second kappa shape index (κ2) is 10.2. The molecule has 1 N–H and O–H groups in total. The van der Waals surface area contributed by atoms with Crippen LogP contribution < -0.4 is 9.62 Å². The first-order chi connectivity index (χ1) is 15.2. The number of aryl methyl sites for hydroxylation is 1. The molecule has 0 bridgehead atoms. The van der Waals surface area contributed by atoms with Gasteiger partial charge in [-0.3, -0.25) is 9.10 Å². The number of carbonyl (C=O) groups excluding carboxylic acids is 1. The van der Waals surface area contributed by atoms with E-state index < -0.39 is 10.0 Å². The van der Waals surface area contributed by atoms with Gasteiger partial charge in [-0.25, -0.2) is 8.42 Å². The van der Waals surface area contributed by atoms with Crippen LogP contribution in [-0.2, 0) is 16.6 Å². The summed E-state index contributed by atoms with van der Waals surface area (Å²) in [7, 11) is -3.52. The van der Waals surface area contributed by atoms with Crippen LogP contribution >= 0.6 is 11.6 Å². The number of rotatable bonds is 8. The highest BCUT2D eigenvalue weighted by molar-refractivity contribution is 7.92. The van der Waals surface area contributed by atoms with Crippen molar-refractivity contribution >= 4 is 33.2 Å². The zero-order chi connectivity index (χ0) is 23.3. The van der Waals surface area contributed by atoms with Gasteiger partial charge in [-0.05, 0) is 60.9 Å². The van der Waals surface area contributed by atoms with Gasteiger partial charge in [0.25, 0.3) is 5.91 Å². The molecule has 0 heterocycles. The van der Waals surface area contributed by atoms with E-state index in [1.165, 1.54) is 9.87 Å². The number of benzene rings is 3. The summed E-state index contributed by atoms with van der Waals surface area (Å²) in [5.74, 6) is -0.201. The minimum absolute atomic E-state index is 0.0970. The molecule has 0 spiro atoms. The van der Waals surface area contributed by atoms with Crippen LogP contribution in [-0.4, -0.2) is 20.6 Å². The van der Waals surface area contributed by atoms with E-state index in [0.717, 1.165) is 23.8 Å². The molecule has 1 amide bonds. The van der Waals surface area contributed by atoms with Crippen LogP contribution in [0.4, 0.5) is 5.69 Å². The van der Waals surface area contributed by atoms with Gasteiger partial charge < -0.3 is 5.32 Å². The molecule has 0 saturated heterocycles. The third kappa shape index (κ3) is 6.11. The molecule has 3 rings (SSSR count). The van der Waals surface area contributed by atoms with Gasteiger partial charge in [-0.1, -0.05) is 60.5 Å². The van der Waals surface area contributed by atoms with Crippen molar-refractivity contribution in [2.75, 3.05) is 10.6 Å². The molecule has 0 unspecified atom stereocenters. The van der Waals surface area contributed by atoms with E-state index in [1.54, 1.807) is 48.5 Å². The highest BCUT2D eigenvalue weighted by Gasteiger charge is 2.19. The Morgan fingerprint density at radius 2 is 1.56 bits per heavy atom. The fourth-order valence-electron chi connectivity index (χ4n) is 3.40. The highest BCUT2D eigenvalue weighted by Crippen LogP contribution is 2.23. The zero-order valence-electron chi connectivity index (χ0n) is 18.4. The lowest BCUT2D eigenvalue weighted by atomic mass is 10.0. The number of hydrogen-bond acceptors (Lipinski definition) is 3. The summed E-state index contributed by atoms with van der Waals surface area (Å²) in [5.41, 5.74) is 3.99. The van der Waals surface area contributed by atoms with E-state index >= 15 is 0 Å². The Hall–Kier alpha value is -2.83. The number of hydrogen-bond donors (Lipinski definition) is 1. The van der Waals surface area contributed by atoms with Gasteiger partial charge in [-0.15, -0.1) is 0 Å². The molecule has 0 aliphatic carbocycles. The summed E-state index contributed by atoms with van der Waals surface area (Å²) in [4.78, 5) is 12.8. The van der Waals surface area contributed by atoms with Crippen LogP contribution in [0, 0.1) is 6.92 Å². The average molecular weight is 471 g/mol. The first-order valence-electron chi connectivity index (χ1n) is 10.4. The van der Waals surface area contributed by atoms with E-state index in [4.69, 9.17) is 11.6 Å². The Morgan fingerprint density at radius 1 is 0.969 bits per heavy atom. The molecule has 32 heavy (non-hydrogen) atoms. The predicted octanol–water partition coefficient (Wildman–Crippen LogP) is 5.50. The molecule has 0 aliphatic rings. The SMILES string of the molecule is CC[C@H](NC(=O)c1ccc(N(Cc2ccc(Cl)cc2)S(C)(=O)=O)cc1)c1ccc(C)cc1. The van der Waals surface area contributed by atoms with Crippen molar-refractivity contribution in [1.29, 1.82) is 0 Å². The fraction of sp³-hybridized carbons (Fsp3) is 0.240. The lowest BCUT2D eigenvalue weighted by Crippen LogP contribution is -2.30. The number of carbonyl (C=O) groups is 1. The smallest absolute Gasteiger partial charge is 0.251 e. The molecule has 3 aromatic rings. The summed E-state index contributed by atoms with van der Waals surface area (Å²) in [6, 6.07) is 21.6. The summed E-state index contributed by atoms with van der Waals surface area (Å²) in [6.45, 7) is 4.22. The molecule has 168 valence electrons. The summed E-state index contributed by atoms with van der Waals surface area (Å²) < 4.78 is 26.1. The Kier molecular flexibility index (Phi) is 7.59. The normalized spacial score (nSPS) is 12.2. The Morgan fingerprint density at radius 3 is 2.09 bits per heavy atom. The van der Waals surface area contributed by atoms with Gasteiger partial charge in [-0.2, -0.15) is 0 Å². The van der Waals surface area contributed by atoms with E-state index in [1.807, 2.05) is 38.1 Å². The number of nitrogens with one attached hydrogen (secondary N) is 1. The molecule has 0 radical (unpaired) electrons. The Balaban J connectivity index is 1.77. The van der Waals surface area contributed by atoms with Crippen LogP contribution in [0.3, 0.4) is 0 Å². The average Bonchev–Trinajstić information content (AvgIpc) is 2.77. The molecule has 3 aromatic carbocycles. The number of nitrogens with zero attached hydrogens (tertiary/aromatic N) is 1. The maximum atomic E-state index is 12.8. The third-order valence-electron chi connectivity index (χ3n) is 5.25. The monoisotopic (exact) mass is 470 g/mol. The van der Waals surface area contributed by atoms with Gasteiger partial charge in [0, 0.05) is 10.6 Å². The van der Waals surface area contributed by atoms with E-state index in [0.29, 0.717) is 16.3 Å². The van der Waals surface area contributed by atoms with Crippen molar-refractivity contribution in [3.05, 3.63) is 100 Å². The van der Waals surface area contributed by atoms with Crippen molar-refractivity contribution in [3.63, 3.8) is 0 Å². The third-order valence-corrected chi connectivity index (χ3v) is 6.64. The minimum atomic E-state index is -3.52. The summed E-state index contributed by atoms with van der Waals surface area (Å²) in [6.07, 6.45) is 1.92. The summed E-state index contributed by atoms with van der Waals surface area (Å²) in [5, 5.41) is 3.65. The van der Waals surface area contributed by atoms with Crippen molar-refractivity contribution in [2.24, 2.45) is 0 Å². The Bertz CT molecular complexity index is 1160. The van der Waals surface area contributed by atoms with E-state index in [9.17, 15) is 13.2 Å². The second-order valence-corrected chi connectivity index (χ2v) is 10.1. The number of sulfonamides is 1. The van der Waals surface area contributed by atoms with Gasteiger partial charge in [0.2, 0.25) is 10.0 Å². The summed E-state index contributed by atoms with van der Waals surface area (Å²) >= 11 is 5.92. The van der Waals surface area contributed by atoms with Crippen LogP contribution in [0.5, 0.6) is 0 Å². The lowest BCUT2D eigenvalue weighted by Gasteiger charge is -2.23. The first-order valence-corrected chi connectivity index (χ1v) is 12.6. The number of amides is 1. The van der Waals surface area contributed by atoms with Gasteiger partial charge in [0.05, 0.1) is 24.5 Å². The molecule has 0 aliphatic heterocycles. The number of halogens is 1. The van der Waals surface area contributed by atoms with Crippen molar-refractivity contribution < 1.29 is 13.2 Å². The maximum absolute atomic E-state index is 12.8. The predicted molar refractivity (Wildman–Crippen MR) is 131 cm³/mol.